The van der Waals surface area contributed by atoms with Crippen molar-refractivity contribution in [3.05, 3.63) is 38.9 Å². The molecule has 0 spiro atoms. The van der Waals surface area contributed by atoms with E-state index in [1.807, 2.05) is 13.8 Å². The molecule has 0 unspecified atom stereocenters. The van der Waals surface area contributed by atoms with Crippen LogP contribution in [0.4, 0.5) is 5.69 Å². The molecule has 0 saturated heterocycles. The smallest absolute Gasteiger partial charge is 0.271 e. The number of rotatable bonds is 4. The molecule has 98 valence electrons. The van der Waals surface area contributed by atoms with Crippen molar-refractivity contribution in [2.75, 3.05) is 5.33 Å². The van der Waals surface area contributed by atoms with Gasteiger partial charge in [-0.25, -0.2) is 0 Å². The van der Waals surface area contributed by atoms with Crippen LogP contribution >= 0.6 is 27.5 Å². The first kappa shape index (κ1) is 14.9. The summed E-state index contributed by atoms with van der Waals surface area (Å²) < 4.78 is 0. The van der Waals surface area contributed by atoms with Crippen LogP contribution < -0.4 is 5.32 Å². The molecule has 0 heterocycles. The van der Waals surface area contributed by atoms with E-state index in [9.17, 15) is 14.9 Å². The average molecular weight is 336 g/mol. The first-order chi connectivity index (χ1) is 8.25. The fourth-order valence-corrected chi connectivity index (χ4v) is 1.59. The predicted molar refractivity (Wildman–Crippen MR) is 73.4 cm³/mol. The number of nitro groups is 1. The van der Waals surface area contributed by atoms with Crippen molar-refractivity contribution in [3.8, 4) is 0 Å². The molecule has 0 bridgehead atoms. The van der Waals surface area contributed by atoms with Gasteiger partial charge in [-0.2, -0.15) is 0 Å². The van der Waals surface area contributed by atoms with Crippen molar-refractivity contribution >= 4 is 39.1 Å². The molecule has 0 atom stereocenters. The lowest BCUT2D eigenvalue weighted by Gasteiger charge is -2.23. The molecule has 0 radical (unpaired) electrons. The molecule has 1 N–H and O–H groups in total. The molecule has 0 saturated carbocycles. The zero-order chi connectivity index (χ0) is 13.9. The highest BCUT2D eigenvalue weighted by molar-refractivity contribution is 9.09. The molecule has 0 aliphatic heterocycles. The van der Waals surface area contributed by atoms with E-state index in [1.165, 1.54) is 18.2 Å². The minimum atomic E-state index is -0.585. The summed E-state index contributed by atoms with van der Waals surface area (Å²) in [6.07, 6.45) is 0. The van der Waals surface area contributed by atoms with Gasteiger partial charge in [0.2, 0.25) is 0 Å². The van der Waals surface area contributed by atoms with Crippen LogP contribution in [0.2, 0.25) is 5.02 Å². The lowest BCUT2D eigenvalue weighted by molar-refractivity contribution is -0.384. The highest BCUT2D eigenvalue weighted by atomic mass is 79.9. The van der Waals surface area contributed by atoms with Gasteiger partial charge in [0.05, 0.1) is 4.92 Å². The molecule has 1 rings (SSSR count). The maximum Gasteiger partial charge on any atom is 0.271 e. The third-order valence-electron chi connectivity index (χ3n) is 2.14. The van der Waals surface area contributed by atoms with Crippen molar-refractivity contribution in [1.29, 1.82) is 0 Å². The molecule has 0 aliphatic carbocycles. The quantitative estimate of drug-likeness (QED) is 0.522. The maximum atomic E-state index is 11.9. The van der Waals surface area contributed by atoms with E-state index in [-0.39, 0.29) is 16.3 Å². The summed E-state index contributed by atoms with van der Waals surface area (Å²) in [5.41, 5.74) is -0.485. The van der Waals surface area contributed by atoms with Gasteiger partial charge in [0.25, 0.3) is 11.6 Å². The number of hydrogen-bond donors (Lipinski definition) is 1. The lowest BCUT2D eigenvalue weighted by Crippen LogP contribution is -2.44. The van der Waals surface area contributed by atoms with Crippen LogP contribution in [-0.2, 0) is 0 Å². The van der Waals surface area contributed by atoms with Crippen LogP contribution in [0, 0.1) is 10.1 Å². The van der Waals surface area contributed by atoms with Crippen molar-refractivity contribution in [1.82, 2.24) is 5.32 Å². The van der Waals surface area contributed by atoms with Gasteiger partial charge in [-0.3, -0.25) is 14.9 Å². The average Bonchev–Trinajstić information content (AvgIpc) is 2.27. The molecule has 0 fully saturated rings. The maximum absolute atomic E-state index is 11.9. The molecule has 1 amide bonds. The number of nitro benzene ring substituents is 1. The number of amides is 1. The van der Waals surface area contributed by atoms with E-state index in [0.717, 1.165) is 0 Å². The van der Waals surface area contributed by atoms with Gasteiger partial charge in [-0.05, 0) is 19.9 Å². The second kappa shape index (κ2) is 5.67. The zero-order valence-electron chi connectivity index (χ0n) is 9.87. The van der Waals surface area contributed by atoms with Gasteiger partial charge in [-0.15, -0.1) is 0 Å². The summed E-state index contributed by atoms with van der Waals surface area (Å²) in [6.45, 7) is 3.66. The van der Waals surface area contributed by atoms with Crippen LogP contribution in [-0.4, -0.2) is 21.7 Å². The number of benzene rings is 1. The Bertz CT molecular complexity index is 491. The van der Waals surface area contributed by atoms with Crippen molar-refractivity contribution in [3.63, 3.8) is 0 Å². The molecular weight excluding hydrogens is 323 g/mol. The Morgan fingerprint density at radius 3 is 2.61 bits per heavy atom. The normalized spacial score (nSPS) is 11.1. The summed E-state index contributed by atoms with van der Waals surface area (Å²) in [7, 11) is 0. The molecule has 5 nitrogen and oxygen atoms in total. The number of carbonyl (C=O) groups is 1. The number of nitrogens with zero attached hydrogens (tertiary/aromatic N) is 1. The third kappa shape index (κ3) is 3.96. The Labute approximate surface area is 118 Å². The van der Waals surface area contributed by atoms with E-state index in [2.05, 4.69) is 21.2 Å². The Hall–Kier alpha value is -1.14. The molecule has 18 heavy (non-hydrogen) atoms. The van der Waals surface area contributed by atoms with E-state index >= 15 is 0 Å². The zero-order valence-corrected chi connectivity index (χ0v) is 12.2. The Balaban J connectivity index is 3.03. The number of carbonyl (C=O) groups excluding carboxylic acids is 1. The monoisotopic (exact) mass is 334 g/mol. The Kier molecular flexibility index (Phi) is 4.70. The van der Waals surface area contributed by atoms with Crippen molar-refractivity contribution < 1.29 is 9.72 Å². The number of nitrogens with one attached hydrogen (secondary N) is 1. The van der Waals surface area contributed by atoms with E-state index in [0.29, 0.717) is 5.33 Å². The first-order valence-corrected chi connectivity index (χ1v) is 6.58. The largest absolute Gasteiger partial charge is 0.346 e. The van der Waals surface area contributed by atoms with E-state index in [4.69, 9.17) is 11.6 Å². The molecule has 0 aliphatic rings. The van der Waals surface area contributed by atoms with Crippen molar-refractivity contribution in [2.45, 2.75) is 19.4 Å². The second-order valence-electron chi connectivity index (χ2n) is 4.43. The van der Waals surface area contributed by atoms with Crippen LogP contribution in [0.15, 0.2) is 18.2 Å². The molecule has 7 heteroatoms. The van der Waals surface area contributed by atoms with Gasteiger partial charge in [-0.1, -0.05) is 27.5 Å². The minimum Gasteiger partial charge on any atom is -0.346 e. The Morgan fingerprint density at radius 2 is 2.11 bits per heavy atom. The first-order valence-electron chi connectivity index (χ1n) is 5.08. The summed E-state index contributed by atoms with van der Waals surface area (Å²) in [5.74, 6) is -0.398. The fraction of sp³-hybridized carbons (Fsp3) is 0.364. The molecule has 1 aromatic rings. The van der Waals surface area contributed by atoms with Crippen LogP contribution in [0.25, 0.3) is 0 Å². The van der Waals surface area contributed by atoms with E-state index in [1.54, 1.807) is 0 Å². The summed E-state index contributed by atoms with van der Waals surface area (Å²) in [5, 5.41) is 14.1. The van der Waals surface area contributed by atoms with Gasteiger partial charge >= 0.3 is 0 Å². The SMILES string of the molecule is CC(C)(CBr)NC(=O)c1cc(Cl)cc([N+](=O)[O-])c1. The fourth-order valence-electron chi connectivity index (χ4n) is 1.22. The molecule has 1 aromatic carbocycles. The van der Waals surface area contributed by atoms with Crippen molar-refractivity contribution in [2.24, 2.45) is 0 Å². The molecule has 0 aromatic heterocycles. The van der Waals surface area contributed by atoms with Gasteiger partial charge in [0.1, 0.15) is 0 Å². The second-order valence-corrected chi connectivity index (χ2v) is 5.42. The lowest BCUT2D eigenvalue weighted by atomic mass is 10.1. The van der Waals surface area contributed by atoms with Crippen LogP contribution in [0.5, 0.6) is 0 Å². The van der Waals surface area contributed by atoms with Gasteiger partial charge < -0.3 is 5.32 Å². The minimum absolute atomic E-state index is 0.158. The van der Waals surface area contributed by atoms with Gasteiger partial charge in [0, 0.05) is 33.6 Å². The van der Waals surface area contributed by atoms with Crippen LogP contribution in [0.3, 0.4) is 0 Å². The standard InChI is InChI=1S/C11H12BrClN2O3/c1-11(2,6-12)14-10(16)7-3-8(13)5-9(4-7)15(17)18/h3-5H,6H2,1-2H3,(H,14,16). The number of alkyl halides is 1. The topological polar surface area (TPSA) is 72.2 Å². The number of halogens is 2. The molecular formula is C11H12BrClN2O3. The summed E-state index contributed by atoms with van der Waals surface area (Å²) in [4.78, 5) is 22.0. The highest BCUT2D eigenvalue weighted by Crippen LogP contribution is 2.21. The van der Waals surface area contributed by atoms with Gasteiger partial charge in [0.15, 0.2) is 0 Å². The highest BCUT2D eigenvalue weighted by Gasteiger charge is 2.21. The van der Waals surface area contributed by atoms with E-state index < -0.39 is 16.4 Å². The predicted octanol–water partition coefficient (Wildman–Crippen LogP) is 3.15. The summed E-state index contributed by atoms with van der Waals surface area (Å²) >= 11 is 9.02. The number of non-ortho nitro benzene ring substituents is 1. The van der Waals surface area contributed by atoms with Crippen LogP contribution in [0.1, 0.15) is 24.2 Å². The Morgan fingerprint density at radius 1 is 1.50 bits per heavy atom. The summed E-state index contributed by atoms with van der Waals surface area (Å²) in [6, 6.07) is 3.80. The number of hydrogen-bond acceptors (Lipinski definition) is 3. The third-order valence-corrected chi connectivity index (χ3v) is 3.76.